The molecule has 1 heterocycles. The standard InChI is InChI=1S/C20H19ClN2O3/c1-13-3-2-4-17-20(13)15(10-22-17)9-18(24)23(12-19(25)26)11-14-5-7-16(21)8-6-14/h2-8,10,22H,9,11-12H2,1H3,(H,25,26). The molecule has 3 aromatic rings. The first-order chi connectivity index (χ1) is 12.4. The summed E-state index contributed by atoms with van der Waals surface area (Å²) in [6, 6.07) is 12.9. The van der Waals surface area contributed by atoms with E-state index in [0.29, 0.717) is 5.02 Å². The number of carboxylic acids is 1. The van der Waals surface area contributed by atoms with Crippen LogP contribution in [0.4, 0.5) is 0 Å². The van der Waals surface area contributed by atoms with E-state index in [0.717, 1.165) is 27.6 Å². The second kappa shape index (κ2) is 7.62. The second-order valence-corrected chi connectivity index (χ2v) is 6.69. The molecule has 2 N–H and O–H groups in total. The molecule has 0 aliphatic carbocycles. The van der Waals surface area contributed by atoms with Crippen LogP contribution in [-0.2, 0) is 22.6 Å². The average molecular weight is 371 g/mol. The van der Waals surface area contributed by atoms with Gasteiger partial charge in [-0.25, -0.2) is 0 Å². The Bertz CT molecular complexity index is 947. The number of aliphatic carboxylic acids is 1. The molecule has 0 unspecified atom stereocenters. The highest BCUT2D eigenvalue weighted by molar-refractivity contribution is 6.30. The van der Waals surface area contributed by atoms with E-state index in [1.807, 2.05) is 31.3 Å². The molecule has 2 aromatic carbocycles. The first kappa shape index (κ1) is 18.0. The summed E-state index contributed by atoms with van der Waals surface area (Å²) in [5.74, 6) is -1.27. The summed E-state index contributed by atoms with van der Waals surface area (Å²) in [6.07, 6.45) is 1.96. The molecule has 0 bridgehead atoms. The first-order valence-electron chi connectivity index (χ1n) is 8.23. The van der Waals surface area contributed by atoms with Crippen molar-refractivity contribution in [1.82, 2.24) is 9.88 Å². The summed E-state index contributed by atoms with van der Waals surface area (Å²) in [6.45, 7) is 1.87. The fourth-order valence-corrected chi connectivity index (χ4v) is 3.20. The van der Waals surface area contributed by atoms with Gasteiger partial charge in [0.1, 0.15) is 6.54 Å². The van der Waals surface area contributed by atoms with Crippen molar-refractivity contribution < 1.29 is 14.7 Å². The molecule has 1 amide bonds. The molecule has 3 rings (SSSR count). The number of aromatic amines is 1. The van der Waals surface area contributed by atoms with E-state index >= 15 is 0 Å². The Hall–Kier alpha value is -2.79. The maximum atomic E-state index is 12.8. The summed E-state index contributed by atoms with van der Waals surface area (Å²) in [5, 5.41) is 10.8. The van der Waals surface area contributed by atoms with Gasteiger partial charge in [-0.15, -0.1) is 0 Å². The maximum absolute atomic E-state index is 12.8. The number of halogens is 1. The molecule has 1 aromatic heterocycles. The molecule has 0 atom stereocenters. The quantitative estimate of drug-likeness (QED) is 0.693. The van der Waals surface area contributed by atoms with Crippen LogP contribution in [0.2, 0.25) is 5.02 Å². The van der Waals surface area contributed by atoms with Gasteiger partial charge in [0.15, 0.2) is 0 Å². The van der Waals surface area contributed by atoms with Gasteiger partial charge in [0.25, 0.3) is 0 Å². The van der Waals surface area contributed by atoms with Crippen molar-refractivity contribution in [3.05, 3.63) is 70.4 Å². The van der Waals surface area contributed by atoms with Crippen LogP contribution in [0.25, 0.3) is 10.9 Å². The number of fused-ring (bicyclic) bond motifs is 1. The predicted octanol–water partition coefficient (Wildman–Crippen LogP) is 3.79. The third-order valence-corrected chi connectivity index (χ3v) is 4.55. The minimum atomic E-state index is -1.04. The highest BCUT2D eigenvalue weighted by atomic mass is 35.5. The molecular weight excluding hydrogens is 352 g/mol. The van der Waals surface area contributed by atoms with Gasteiger partial charge in [0, 0.05) is 28.7 Å². The molecule has 0 fully saturated rings. The molecule has 5 nitrogen and oxygen atoms in total. The maximum Gasteiger partial charge on any atom is 0.323 e. The normalized spacial score (nSPS) is 10.8. The number of aromatic nitrogens is 1. The fraction of sp³-hybridized carbons (Fsp3) is 0.200. The molecule has 0 saturated carbocycles. The third-order valence-electron chi connectivity index (χ3n) is 4.30. The number of amides is 1. The molecular formula is C20H19ClN2O3. The van der Waals surface area contributed by atoms with Gasteiger partial charge < -0.3 is 15.0 Å². The van der Waals surface area contributed by atoms with Crippen molar-refractivity contribution in [3.8, 4) is 0 Å². The lowest BCUT2D eigenvalue weighted by molar-refractivity contribution is -0.144. The van der Waals surface area contributed by atoms with Crippen LogP contribution in [0.3, 0.4) is 0 Å². The highest BCUT2D eigenvalue weighted by Crippen LogP contribution is 2.23. The van der Waals surface area contributed by atoms with Crippen molar-refractivity contribution in [2.45, 2.75) is 19.9 Å². The highest BCUT2D eigenvalue weighted by Gasteiger charge is 2.19. The zero-order chi connectivity index (χ0) is 18.7. The van der Waals surface area contributed by atoms with Gasteiger partial charge in [-0.1, -0.05) is 35.9 Å². The Morgan fingerprint density at radius 1 is 1.15 bits per heavy atom. The number of rotatable bonds is 6. The fourth-order valence-electron chi connectivity index (χ4n) is 3.07. The summed E-state index contributed by atoms with van der Waals surface area (Å²) in [4.78, 5) is 28.5. The van der Waals surface area contributed by atoms with Gasteiger partial charge >= 0.3 is 5.97 Å². The minimum absolute atomic E-state index is 0.145. The molecule has 0 spiro atoms. The zero-order valence-corrected chi connectivity index (χ0v) is 15.1. The van der Waals surface area contributed by atoms with Gasteiger partial charge in [0.05, 0.1) is 6.42 Å². The largest absolute Gasteiger partial charge is 0.480 e. The van der Waals surface area contributed by atoms with E-state index < -0.39 is 5.97 Å². The topological polar surface area (TPSA) is 73.4 Å². The number of hydrogen-bond donors (Lipinski definition) is 2. The van der Waals surface area contributed by atoms with Crippen molar-refractivity contribution >= 4 is 34.4 Å². The summed E-state index contributed by atoms with van der Waals surface area (Å²) < 4.78 is 0. The van der Waals surface area contributed by atoms with E-state index in [9.17, 15) is 14.7 Å². The number of nitrogens with zero attached hydrogens (tertiary/aromatic N) is 1. The Labute approximate surface area is 156 Å². The molecule has 26 heavy (non-hydrogen) atoms. The van der Waals surface area contributed by atoms with Crippen molar-refractivity contribution in [3.63, 3.8) is 0 Å². The van der Waals surface area contributed by atoms with Crippen LogP contribution in [0.15, 0.2) is 48.7 Å². The van der Waals surface area contributed by atoms with E-state index in [1.54, 1.807) is 24.3 Å². The van der Waals surface area contributed by atoms with E-state index in [2.05, 4.69) is 4.98 Å². The van der Waals surface area contributed by atoms with Crippen LogP contribution >= 0.6 is 11.6 Å². The Morgan fingerprint density at radius 2 is 1.88 bits per heavy atom. The number of H-pyrrole nitrogens is 1. The average Bonchev–Trinajstić information content (AvgIpc) is 3.00. The molecule has 0 aliphatic heterocycles. The number of hydrogen-bond acceptors (Lipinski definition) is 2. The second-order valence-electron chi connectivity index (χ2n) is 6.26. The Kier molecular flexibility index (Phi) is 5.28. The molecule has 134 valence electrons. The van der Waals surface area contributed by atoms with Gasteiger partial charge in [-0.3, -0.25) is 9.59 Å². The van der Waals surface area contributed by atoms with Crippen LogP contribution in [-0.4, -0.2) is 33.4 Å². The van der Waals surface area contributed by atoms with Crippen LogP contribution < -0.4 is 0 Å². The van der Waals surface area contributed by atoms with Gasteiger partial charge in [0.2, 0.25) is 5.91 Å². The van der Waals surface area contributed by atoms with Gasteiger partial charge in [-0.2, -0.15) is 0 Å². The van der Waals surface area contributed by atoms with E-state index in [4.69, 9.17) is 11.6 Å². The number of benzene rings is 2. The number of aryl methyl sites for hydroxylation is 1. The van der Waals surface area contributed by atoms with Crippen molar-refractivity contribution in [1.29, 1.82) is 0 Å². The monoisotopic (exact) mass is 370 g/mol. The van der Waals surface area contributed by atoms with Crippen LogP contribution in [0.1, 0.15) is 16.7 Å². The summed E-state index contributed by atoms with van der Waals surface area (Å²) in [5.41, 5.74) is 3.75. The van der Waals surface area contributed by atoms with Crippen LogP contribution in [0, 0.1) is 6.92 Å². The van der Waals surface area contributed by atoms with Gasteiger partial charge in [-0.05, 0) is 41.8 Å². The lowest BCUT2D eigenvalue weighted by Gasteiger charge is -2.21. The SMILES string of the molecule is Cc1cccc2[nH]cc(CC(=O)N(CC(=O)O)Cc3ccc(Cl)cc3)c12. The lowest BCUT2D eigenvalue weighted by Crippen LogP contribution is -2.36. The van der Waals surface area contributed by atoms with Crippen LogP contribution in [0.5, 0.6) is 0 Å². The molecule has 6 heteroatoms. The Balaban J connectivity index is 1.82. The third kappa shape index (κ3) is 4.06. The number of nitrogens with one attached hydrogen (secondary N) is 1. The Morgan fingerprint density at radius 3 is 2.58 bits per heavy atom. The number of carboxylic acid groups (broad SMARTS) is 1. The lowest BCUT2D eigenvalue weighted by atomic mass is 10.0. The first-order valence-corrected chi connectivity index (χ1v) is 8.61. The molecule has 0 saturated heterocycles. The number of carbonyl (C=O) groups excluding carboxylic acids is 1. The molecule has 0 aliphatic rings. The van der Waals surface area contributed by atoms with E-state index in [1.165, 1.54) is 4.90 Å². The summed E-state index contributed by atoms with van der Waals surface area (Å²) in [7, 11) is 0. The smallest absolute Gasteiger partial charge is 0.323 e. The summed E-state index contributed by atoms with van der Waals surface area (Å²) >= 11 is 5.88. The predicted molar refractivity (Wildman–Crippen MR) is 101 cm³/mol. The zero-order valence-electron chi connectivity index (χ0n) is 14.3. The van der Waals surface area contributed by atoms with Crippen molar-refractivity contribution in [2.24, 2.45) is 0 Å². The molecule has 0 radical (unpaired) electrons. The minimum Gasteiger partial charge on any atom is -0.480 e. The van der Waals surface area contributed by atoms with E-state index in [-0.39, 0.29) is 25.4 Å². The van der Waals surface area contributed by atoms with Crippen molar-refractivity contribution in [2.75, 3.05) is 6.54 Å². The number of carbonyl (C=O) groups is 2.